The number of carbonyl (C=O) groups is 2. The average Bonchev–Trinajstić information content (AvgIpc) is 2.93. The maximum Gasteiger partial charge on any atom is 0.344 e. The molecule has 146 valence electrons. The van der Waals surface area contributed by atoms with Crippen molar-refractivity contribution in [2.75, 3.05) is 19.4 Å². The molecule has 0 aliphatic heterocycles. The molecule has 1 aromatic carbocycles. The molecule has 0 saturated heterocycles. The second-order valence-electron chi connectivity index (χ2n) is 6.05. The van der Waals surface area contributed by atoms with Gasteiger partial charge in [-0.2, -0.15) is 0 Å². The van der Waals surface area contributed by atoms with E-state index < -0.39 is 28.0 Å². The van der Waals surface area contributed by atoms with Gasteiger partial charge in [-0.3, -0.25) is 4.79 Å². The number of aryl methyl sites for hydroxylation is 2. The Morgan fingerprint density at radius 1 is 1.26 bits per heavy atom. The number of anilines is 1. The Balaban J connectivity index is 2.10. The number of esters is 1. The van der Waals surface area contributed by atoms with Gasteiger partial charge in [0.25, 0.3) is 5.91 Å². The van der Waals surface area contributed by atoms with Gasteiger partial charge in [0.2, 0.25) is 10.0 Å². The highest BCUT2D eigenvalue weighted by atomic mass is 32.2. The molecule has 1 heterocycles. The van der Waals surface area contributed by atoms with Crippen LogP contribution in [0.3, 0.4) is 0 Å². The van der Waals surface area contributed by atoms with Crippen LogP contribution in [0.2, 0.25) is 0 Å². The van der Waals surface area contributed by atoms with E-state index in [9.17, 15) is 18.0 Å². The minimum absolute atomic E-state index is 0.0330. The molecule has 1 N–H and O–H groups in total. The van der Waals surface area contributed by atoms with Crippen LogP contribution >= 0.6 is 0 Å². The molecule has 0 bridgehead atoms. The SMILES string of the molecule is Cc1noc(C)c1C(=O)O[C@H](C)C(=O)Nc1cccc(S(=O)(=O)N(C)C)c1. The number of aromatic nitrogens is 1. The maximum absolute atomic E-state index is 12.3. The van der Waals surface area contributed by atoms with Gasteiger partial charge in [0.05, 0.1) is 10.6 Å². The van der Waals surface area contributed by atoms with E-state index in [4.69, 9.17) is 9.26 Å². The highest BCUT2D eigenvalue weighted by molar-refractivity contribution is 7.89. The Hall–Kier alpha value is -2.72. The standard InChI is InChI=1S/C17H21N3O6S/c1-10-15(11(2)26-19-10)17(22)25-12(3)16(21)18-13-7-6-8-14(9-13)27(23,24)20(4)5/h6-9,12H,1-5H3,(H,18,21)/t12-/m1/s1. The van der Waals surface area contributed by atoms with Gasteiger partial charge in [-0.25, -0.2) is 17.5 Å². The van der Waals surface area contributed by atoms with Crippen molar-refractivity contribution in [2.45, 2.75) is 31.8 Å². The number of carbonyl (C=O) groups excluding carboxylic acids is 2. The van der Waals surface area contributed by atoms with Crippen LogP contribution in [0.1, 0.15) is 28.7 Å². The zero-order valence-electron chi connectivity index (χ0n) is 15.6. The molecule has 2 aromatic rings. The van der Waals surface area contributed by atoms with E-state index in [1.165, 1.54) is 45.3 Å². The summed E-state index contributed by atoms with van der Waals surface area (Å²) >= 11 is 0. The van der Waals surface area contributed by atoms with Crippen molar-refractivity contribution < 1.29 is 27.3 Å². The number of amides is 1. The molecule has 27 heavy (non-hydrogen) atoms. The zero-order valence-corrected chi connectivity index (χ0v) is 16.5. The van der Waals surface area contributed by atoms with Gasteiger partial charge in [0, 0.05) is 19.8 Å². The maximum atomic E-state index is 12.3. The molecule has 10 heteroatoms. The van der Waals surface area contributed by atoms with Crippen LogP contribution in [0, 0.1) is 13.8 Å². The lowest BCUT2D eigenvalue weighted by Gasteiger charge is -2.15. The van der Waals surface area contributed by atoms with E-state index in [-0.39, 0.29) is 16.1 Å². The Kier molecular flexibility index (Phi) is 6.01. The first kappa shape index (κ1) is 20.6. The molecule has 1 atom stereocenters. The number of nitrogens with zero attached hydrogens (tertiary/aromatic N) is 2. The van der Waals surface area contributed by atoms with Crippen LogP contribution in [0.15, 0.2) is 33.7 Å². The van der Waals surface area contributed by atoms with E-state index in [1.54, 1.807) is 13.8 Å². The van der Waals surface area contributed by atoms with Crippen LogP contribution in [-0.2, 0) is 19.6 Å². The smallest absolute Gasteiger partial charge is 0.344 e. The van der Waals surface area contributed by atoms with Gasteiger partial charge in [-0.1, -0.05) is 11.2 Å². The van der Waals surface area contributed by atoms with Crippen molar-refractivity contribution in [3.63, 3.8) is 0 Å². The normalized spacial score (nSPS) is 12.7. The summed E-state index contributed by atoms with van der Waals surface area (Å²) in [5.41, 5.74) is 0.809. The quantitative estimate of drug-likeness (QED) is 0.740. The summed E-state index contributed by atoms with van der Waals surface area (Å²) in [5, 5.41) is 6.20. The molecule has 0 aliphatic rings. The van der Waals surface area contributed by atoms with Gasteiger partial charge < -0.3 is 14.6 Å². The minimum Gasteiger partial charge on any atom is -0.449 e. The van der Waals surface area contributed by atoms with Gasteiger partial charge >= 0.3 is 5.97 Å². The fraction of sp³-hybridized carbons (Fsp3) is 0.353. The topological polar surface area (TPSA) is 119 Å². The van der Waals surface area contributed by atoms with Crippen LogP contribution < -0.4 is 5.32 Å². The molecule has 9 nitrogen and oxygen atoms in total. The summed E-state index contributed by atoms with van der Waals surface area (Å²) in [6.45, 7) is 4.57. The molecular formula is C17H21N3O6S. The molecule has 0 spiro atoms. The fourth-order valence-corrected chi connectivity index (χ4v) is 3.18. The predicted octanol–water partition coefficient (Wildman–Crippen LogP) is 1.73. The van der Waals surface area contributed by atoms with Gasteiger partial charge in [-0.05, 0) is 39.0 Å². The van der Waals surface area contributed by atoms with Gasteiger partial charge in [0.15, 0.2) is 6.10 Å². The van der Waals surface area contributed by atoms with Crippen molar-refractivity contribution in [3.8, 4) is 0 Å². The van der Waals surface area contributed by atoms with E-state index in [2.05, 4.69) is 10.5 Å². The minimum atomic E-state index is -3.63. The van der Waals surface area contributed by atoms with Gasteiger partial charge in [-0.15, -0.1) is 0 Å². The number of sulfonamides is 1. The molecule has 0 fully saturated rings. The first-order chi connectivity index (χ1) is 12.5. The number of rotatable bonds is 6. The highest BCUT2D eigenvalue weighted by Gasteiger charge is 2.25. The largest absolute Gasteiger partial charge is 0.449 e. The Morgan fingerprint density at radius 3 is 2.48 bits per heavy atom. The van der Waals surface area contributed by atoms with Crippen molar-refractivity contribution in [1.29, 1.82) is 0 Å². The number of benzene rings is 1. The zero-order chi connectivity index (χ0) is 20.4. The summed E-state index contributed by atoms with van der Waals surface area (Å²) in [5.74, 6) is -1.03. The lowest BCUT2D eigenvalue weighted by Crippen LogP contribution is -2.30. The summed E-state index contributed by atoms with van der Waals surface area (Å²) in [7, 11) is -0.807. The van der Waals surface area contributed by atoms with Crippen LogP contribution in [-0.4, -0.2) is 50.0 Å². The summed E-state index contributed by atoms with van der Waals surface area (Å²) in [6.07, 6.45) is -1.11. The van der Waals surface area contributed by atoms with Gasteiger partial charge in [0.1, 0.15) is 11.3 Å². The first-order valence-electron chi connectivity index (χ1n) is 8.01. The molecule has 2 rings (SSSR count). The fourth-order valence-electron chi connectivity index (χ4n) is 2.24. The average molecular weight is 395 g/mol. The van der Waals surface area contributed by atoms with Crippen LogP contribution in [0.25, 0.3) is 0 Å². The Morgan fingerprint density at radius 2 is 1.93 bits per heavy atom. The molecule has 0 aliphatic carbocycles. The lowest BCUT2D eigenvalue weighted by molar-refractivity contribution is -0.123. The lowest BCUT2D eigenvalue weighted by atomic mass is 10.2. The number of hydrogen-bond acceptors (Lipinski definition) is 7. The molecule has 0 radical (unpaired) electrons. The third-order valence-corrected chi connectivity index (χ3v) is 5.58. The van der Waals surface area contributed by atoms with Crippen molar-refractivity contribution in [1.82, 2.24) is 9.46 Å². The summed E-state index contributed by atoms with van der Waals surface area (Å²) in [4.78, 5) is 24.5. The second kappa shape index (κ2) is 7.89. The molecule has 1 amide bonds. The van der Waals surface area contributed by atoms with Crippen molar-refractivity contribution in [2.24, 2.45) is 0 Å². The molecule has 1 aromatic heterocycles. The Labute approximate surface area is 157 Å². The third kappa shape index (κ3) is 4.52. The monoisotopic (exact) mass is 395 g/mol. The van der Waals surface area contributed by atoms with Crippen LogP contribution in [0.4, 0.5) is 5.69 Å². The molecule has 0 saturated carbocycles. The van der Waals surface area contributed by atoms with E-state index in [0.29, 0.717) is 11.5 Å². The molecule has 0 unspecified atom stereocenters. The van der Waals surface area contributed by atoms with E-state index in [0.717, 1.165) is 4.31 Å². The van der Waals surface area contributed by atoms with Crippen LogP contribution in [0.5, 0.6) is 0 Å². The van der Waals surface area contributed by atoms with E-state index >= 15 is 0 Å². The number of nitrogens with one attached hydrogen (secondary N) is 1. The predicted molar refractivity (Wildman–Crippen MR) is 96.8 cm³/mol. The Bertz CT molecular complexity index is 945. The second-order valence-corrected chi connectivity index (χ2v) is 8.20. The number of ether oxygens (including phenoxy) is 1. The van der Waals surface area contributed by atoms with E-state index in [1.807, 2.05) is 0 Å². The first-order valence-corrected chi connectivity index (χ1v) is 9.45. The molecular weight excluding hydrogens is 374 g/mol. The van der Waals surface area contributed by atoms with Crippen molar-refractivity contribution >= 4 is 27.6 Å². The number of hydrogen-bond donors (Lipinski definition) is 1. The highest BCUT2D eigenvalue weighted by Crippen LogP contribution is 2.19. The van der Waals surface area contributed by atoms with Crippen molar-refractivity contribution in [3.05, 3.63) is 41.3 Å². The third-order valence-electron chi connectivity index (χ3n) is 3.77. The summed E-state index contributed by atoms with van der Waals surface area (Å²) < 4.78 is 35.5. The summed E-state index contributed by atoms with van der Waals surface area (Å²) in [6, 6.07) is 5.80.